The van der Waals surface area contributed by atoms with Gasteiger partial charge in [0.2, 0.25) is 0 Å². The fourth-order valence-corrected chi connectivity index (χ4v) is 4.45. The molecule has 0 amide bonds. The van der Waals surface area contributed by atoms with Gasteiger partial charge in [0, 0.05) is 21.7 Å². The third-order valence-electron chi connectivity index (χ3n) is 3.10. The van der Waals surface area contributed by atoms with E-state index >= 15 is 0 Å². The summed E-state index contributed by atoms with van der Waals surface area (Å²) in [5, 5.41) is 0.725. The Labute approximate surface area is 125 Å². The number of halogens is 1. The van der Waals surface area contributed by atoms with Crippen molar-refractivity contribution in [2.24, 2.45) is 0 Å². The van der Waals surface area contributed by atoms with Crippen molar-refractivity contribution < 1.29 is 8.42 Å². The Morgan fingerprint density at radius 1 is 1.00 bits per heavy atom. The zero-order chi connectivity index (χ0) is 14.3. The van der Waals surface area contributed by atoms with Crippen LogP contribution in [0.4, 0.5) is 5.69 Å². The molecule has 1 heterocycles. The zero-order valence-corrected chi connectivity index (χ0v) is 12.7. The molecule has 0 aliphatic carbocycles. The molecule has 0 atom stereocenters. The molecule has 20 heavy (non-hydrogen) atoms. The molecule has 0 spiro atoms. The van der Waals surface area contributed by atoms with Gasteiger partial charge in [-0.05, 0) is 46.3 Å². The van der Waals surface area contributed by atoms with Crippen LogP contribution in [-0.2, 0) is 10.0 Å². The molecule has 0 saturated heterocycles. The molecule has 0 bridgehead atoms. The van der Waals surface area contributed by atoms with Gasteiger partial charge in [0.1, 0.15) is 4.90 Å². The molecule has 0 unspecified atom stereocenters. The van der Waals surface area contributed by atoms with Crippen LogP contribution in [0.5, 0.6) is 0 Å². The highest BCUT2D eigenvalue weighted by atomic mass is 79.9. The molecule has 3 rings (SSSR count). The van der Waals surface area contributed by atoms with Gasteiger partial charge in [0.15, 0.2) is 0 Å². The fourth-order valence-electron chi connectivity index (χ4n) is 2.14. The molecule has 6 heteroatoms. The van der Waals surface area contributed by atoms with Gasteiger partial charge >= 0.3 is 0 Å². The van der Waals surface area contributed by atoms with E-state index in [4.69, 9.17) is 5.73 Å². The summed E-state index contributed by atoms with van der Waals surface area (Å²) in [6.07, 6.45) is 1.52. The SMILES string of the molecule is Nc1cccc2c1ccn2S(=O)(=O)c1ccccc1Br. The third kappa shape index (κ3) is 1.92. The summed E-state index contributed by atoms with van der Waals surface area (Å²) in [6, 6.07) is 13.7. The fraction of sp³-hybridized carbons (Fsp3) is 0. The van der Waals surface area contributed by atoms with Crippen molar-refractivity contribution in [2.45, 2.75) is 4.90 Å². The van der Waals surface area contributed by atoms with Gasteiger partial charge in [-0.3, -0.25) is 0 Å². The number of nitrogens with zero attached hydrogens (tertiary/aromatic N) is 1. The average molecular weight is 351 g/mol. The second kappa shape index (κ2) is 4.64. The number of anilines is 1. The van der Waals surface area contributed by atoms with Gasteiger partial charge in [-0.1, -0.05) is 18.2 Å². The Morgan fingerprint density at radius 2 is 1.75 bits per heavy atom. The lowest BCUT2D eigenvalue weighted by Gasteiger charge is -2.09. The van der Waals surface area contributed by atoms with Crippen molar-refractivity contribution in [1.29, 1.82) is 0 Å². The molecule has 2 aromatic carbocycles. The van der Waals surface area contributed by atoms with E-state index in [0.29, 0.717) is 15.7 Å². The number of nitrogen functional groups attached to an aromatic ring is 1. The van der Waals surface area contributed by atoms with Gasteiger partial charge in [0.05, 0.1) is 5.52 Å². The summed E-state index contributed by atoms with van der Waals surface area (Å²) in [5.74, 6) is 0. The van der Waals surface area contributed by atoms with E-state index < -0.39 is 10.0 Å². The molecule has 0 aliphatic heterocycles. The van der Waals surface area contributed by atoms with Crippen LogP contribution in [0.1, 0.15) is 0 Å². The minimum absolute atomic E-state index is 0.222. The van der Waals surface area contributed by atoms with Crippen molar-refractivity contribution in [3.05, 3.63) is 59.2 Å². The number of benzene rings is 2. The number of nitrogens with two attached hydrogens (primary N) is 1. The molecular formula is C14H11BrN2O2S. The van der Waals surface area contributed by atoms with E-state index in [0.717, 1.165) is 5.39 Å². The maximum atomic E-state index is 12.7. The first-order chi connectivity index (χ1) is 9.51. The second-order valence-corrected chi connectivity index (χ2v) is 6.96. The van der Waals surface area contributed by atoms with Crippen LogP contribution in [0, 0.1) is 0 Å². The zero-order valence-electron chi connectivity index (χ0n) is 10.3. The highest BCUT2D eigenvalue weighted by Crippen LogP contribution is 2.28. The first-order valence-electron chi connectivity index (χ1n) is 5.87. The van der Waals surface area contributed by atoms with Crippen molar-refractivity contribution in [2.75, 3.05) is 5.73 Å². The summed E-state index contributed by atoms with van der Waals surface area (Å²) in [7, 11) is -3.66. The number of rotatable bonds is 2. The van der Waals surface area contributed by atoms with E-state index in [-0.39, 0.29) is 4.90 Å². The Balaban J connectivity index is 2.31. The Bertz CT molecular complexity index is 900. The largest absolute Gasteiger partial charge is 0.398 e. The van der Waals surface area contributed by atoms with Crippen molar-refractivity contribution in [1.82, 2.24) is 3.97 Å². The smallest absolute Gasteiger partial charge is 0.269 e. The first kappa shape index (κ1) is 13.2. The van der Waals surface area contributed by atoms with Crippen LogP contribution in [0.15, 0.2) is 64.1 Å². The maximum Gasteiger partial charge on any atom is 0.269 e. The van der Waals surface area contributed by atoms with Crippen molar-refractivity contribution >= 4 is 42.5 Å². The van der Waals surface area contributed by atoms with E-state index in [1.807, 2.05) is 0 Å². The molecule has 0 saturated carbocycles. The lowest BCUT2D eigenvalue weighted by Crippen LogP contribution is -2.12. The lowest BCUT2D eigenvalue weighted by molar-refractivity contribution is 0.588. The van der Waals surface area contributed by atoms with E-state index in [1.165, 1.54) is 10.2 Å². The highest BCUT2D eigenvalue weighted by Gasteiger charge is 2.21. The molecule has 3 aromatic rings. The number of hydrogen-bond acceptors (Lipinski definition) is 3. The topological polar surface area (TPSA) is 65.1 Å². The molecule has 2 N–H and O–H groups in total. The summed E-state index contributed by atoms with van der Waals surface area (Å²) in [6.45, 7) is 0. The minimum Gasteiger partial charge on any atom is -0.398 e. The third-order valence-corrected chi connectivity index (χ3v) is 5.81. The van der Waals surface area contributed by atoms with E-state index in [2.05, 4.69) is 15.9 Å². The maximum absolute atomic E-state index is 12.7. The van der Waals surface area contributed by atoms with Crippen LogP contribution in [-0.4, -0.2) is 12.4 Å². The molecule has 0 aliphatic rings. The standard InChI is InChI=1S/C14H11BrN2O2S/c15-11-4-1-2-7-14(11)20(18,19)17-9-8-10-12(16)5-3-6-13(10)17/h1-9H,16H2. The summed E-state index contributed by atoms with van der Waals surface area (Å²) < 4.78 is 27.2. The first-order valence-corrected chi connectivity index (χ1v) is 8.11. The monoisotopic (exact) mass is 350 g/mol. The van der Waals surface area contributed by atoms with Crippen LogP contribution in [0.25, 0.3) is 10.9 Å². The number of fused-ring (bicyclic) bond motifs is 1. The Kier molecular flexibility index (Phi) is 3.07. The van der Waals surface area contributed by atoms with Crippen LogP contribution < -0.4 is 5.73 Å². The van der Waals surface area contributed by atoms with Crippen LogP contribution in [0.2, 0.25) is 0 Å². The van der Waals surface area contributed by atoms with Crippen LogP contribution >= 0.6 is 15.9 Å². The van der Waals surface area contributed by atoms with Crippen molar-refractivity contribution in [3.63, 3.8) is 0 Å². The molecule has 4 nitrogen and oxygen atoms in total. The Hall–Kier alpha value is -1.79. The predicted molar refractivity (Wildman–Crippen MR) is 83.1 cm³/mol. The van der Waals surface area contributed by atoms with Gasteiger partial charge in [-0.15, -0.1) is 0 Å². The summed E-state index contributed by atoms with van der Waals surface area (Å²) >= 11 is 3.28. The quantitative estimate of drug-likeness (QED) is 0.721. The molecular weight excluding hydrogens is 340 g/mol. The average Bonchev–Trinajstić information content (AvgIpc) is 2.85. The van der Waals surface area contributed by atoms with E-state index in [1.54, 1.807) is 48.5 Å². The summed E-state index contributed by atoms with van der Waals surface area (Å²) in [4.78, 5) is 0.222. The molecule has 0 radical (unpaired) electrons. The Morgan fingerprint density at radius 3 is 2.50 bits per heavy atom. The normalized spacial score (nSPS) is 11.8. The van der Waals surface area contributed by atoms with Gasteiger partial charge in [-0.2, -0.15) is 0 Å². The number of hydrogen-bond donors (Lipinski definition) is 1. The molecule has 0 fully saturated rings. The van der Waals surface area contributed by atoms with Gasteiger partial charge in [-0.25, -0.2) is 12.4 Å². The lowest BCUT2D eigenvalue weighted by atomic mass is 10.2. The molecule has 1 aromatic heterocycles. The van der Waals surface area contributed by atoms with E-state index in [9.17, 15) is 8.42 Å². The highest BCUT2D eigenvalue weighted by molar-refractivity contribution is 9.10. The predicted octanol–water partition coefficient (Wildman–Crippen LogP) is 3.22. The number of aromatic nitrogens is 1. The van der Waals surface area contributed by atoms with Crippen molar-refractivity contribution in [3.8, 4) is 0 Å². The second-order valence-electron chi connectivity index (χ2n) is 4.33. The minimum atomic E-state index is -3.66. The van der Waals surface area contributed by atoms with Gasteiger partial charge in [0.25, 0.3) is 10.0 Å². The summed E-state index contributed by atoms with van der Waals surface area (Å²) in [5.41, 5.74) is 6.99. The molecule has 102 valence electrons. The van der Waals surface area contributed by atoms with Crippen LogP contribution in [0.3, 0.4) is 0 Å². The van der Waals surface area contributed by atoms with Gasteiger partial charge < -0.3 is 5.73 Å².